The molecule has 0 bridgehead atoms. The predicted molar refractivity (Wildman–Crippen MR) is 84.5 cm³/mol. The van der Waals surface area contributed by atoms with Crippen molar-refractivity contribution in [3.63, 3.8) is 0 Å². The van der Waals surface area contributed by atoms with Crippen LogP contribution in [0.1, 0.15) is 0 Å². The van der Waals surface area contributed by atoms with E-state index in [9.17, 15) is 33.0 Å². The monoisotopic (exact) mass is 401 g/mol. The topological polar surface area (TPSA) is 131 Å². The zero-order valence-electron chi connectivity index (χ0n) is 13.4. The molecule has 1 aliphatic rings. The van der Waals surface area contributed by atoms with Crippen LogP contribution < -0.4 is 10.6 Å². The first-order valence-corrected chi connectivity index (χ1v) is 7.66. The molecule has 2 amide bonds. The number of amides is 2. The minimum atomic E-state index is -5.12. The standard InChI is InChI=1S/C13H18F3N3O6S/c1-17-10(23)6(2-18-12(24)13(14,15)16)3-19(5-26)11-9(22)8(21)7(4-20)25-11/h3,5,7-9,11,20-22H,2,4H2,1H3,(H,17,23)(H,18,24)/b6-3-. The maximum atomic E-state index is 12.3. The van der Waals surface area contributed by atoms with Crippen molar-refractivity contribution < 1.29 is 42.8 Å². The van der Waals surface area contributed by atoms with Crippen LogP contribution >= 0.6 is 12.2 Å². The van der Waals surface area contributed by atoms with Gasteiger partial charge < -0.3 is 35.6 Å². The van der Waals surface area contributed by atoms with E-state index >= 15 is 0 Å². The molecule has 1 aliphatic heterocycles. The number of nitrogens with one attached hydrogen (secondary N) is 2. The van der Waals surface area contributed by atoms with Crippen LogP contribution in [0, 0.1) is 0 Å². The number of rotatable bonds is 7. The maximum absolute atomic E-state index is 12.3. The first-order valence-electron chi connectivity index (χ1n) is 7.19. The first-order chi connectivity index (χ1) is 12.1. The molecule has 0 saturated carbocycles. The van der Waals surface area contributed by atoms with Crippen molar-refractivity contribution in [3.8, 4) is 0 Å². The molecular weight excluding hydrogens is 383 g/mol. The van der Waals surface area contributed by atoms with Crippen LogP contribution in [-0.4, -0.2) is 88.4 Å². The normalized spacial score (nSPS) is 26.3. The van der Waals surface area contributed by atoms with E-state index in [2.05, 4.69) is 5.32 Å². The third-order valence-electron chi connectivity index (χ3n) is 3.45. The summed E-state index contributed by atoms with van der Waals surface area (Å²) in [5.41, 5.74) is 0.596. The van der Waals surface area contributed by atoms with E-state index in [0.29, 0.717) is 0 Å². The minimum absolute atomic E-state index is 0.330. The molecule has 13 heteroatoms. The number of thiocarbonyl (C=S) groups is 1. The lowest BCUT2D eigenvalue weighted by atomic mass is 10.1. The highest BCUT2D eigenvalue weighted by Crippen LogP contribution is 2.24. The fourth-order valence-corrected chi connectivity index (χ4v) is 2.27. The molecule has 1 heterocycles. The van der Waals surface area contributed by atoms with Gasteiger partial charge in [-0.1, -0.05) is 12.2 Å². The number of nitrogens with zero attached hydrogens (tertiary/aromatic N) is 1. The molecule has 26 heavy (non-hydrogen) atoms. The summed E-state index contributed by atoms with van der Waals surface area (Å²) in [5.74, 6) is -3.06. The van der Waals surface area contributed by atoms with E-state index in [1.54, 1.807) is 0 Å². The molecule has 0 aliphatic carbocycles. The molecule has 148 valence electrons. The molecule has 0 aromatic carbocycles. The van der Waals surface area contributed by atoms with Gasteiger partial charge in [0.25, 0.3) is 0 Å². The van der Waals surface area contributed by atoms with E-state index in [1.165, 1.54) is 12.4 Å². The van der Waals surface area contributed by atoms with Gasteiger partial charge in [-0.2, -0.15) is 13.2 Å². The van der Waals surface area contributed by atoms with Gasteiger partial charge in [0.05, 0.1) is 17.7 Å². The lowest BCUT2D eigenvalue weighted by Gasteiger charge is -2.26. The summed E-state index contributed by atoms with van der Waals surface area (Å²) in [5, 5.41) is 32.5. The number of likely N-dealkylation sites (N-methyl/N-ethyl adjacent to an activating group) is 1. The fourth-order valence-electron chi connectivity index (χ4n) is 2.09. The third kappa shape index (κ3) is 5.35. The predicted octanol–water partition coefficient (Wildman–Crippen LogP) is -2.01. The Morgan fingerprint density at radius 3 is 2.35 bits per heavy atom. The van der Waals surface area contributed by atoms with E-state index in [0.717, 1.165) is 16.6 Å². The highest BCUT2D eigenvalue weighted by Gasteiger charge is 2.44. The summed E-state index contributed by atoms with van der Waals surface area (Å²) >= 11 is 4.73. The van der Waals surface area contributed by atoms with E-state index in [1.807, 2.05) is 0 Å². The van der Waals surface area contributed by atoms with Crippen molar-refractivity contribution in [2.75, 3.05) is 20.2 Å². The second-order valence-electron chi connectivity index (χ2n) is 5.20. The number of halogens is 3. The van der Waals surface area contributed by atoms with E-state index in [-0.39, 0.29) is 5.57 Å². The summed E-state index contributed by atoms with van der Waals surface area (Å²) in [7, 11) is 1.22. The summed E-state index contributed by atoms with van der Waals surface area (Å²) in [6.45, 7) is -1.39. The van der Waals surface area contributed by atoms with Gasteiger partial charge in [-0.3, -0.25) is 9.59 Å². The lowest BCUT2D eigenvalue weighted by Crippen LogP contribution is -2.43. The highest BCUT2D eigenvalue weighted by atomic mass is 32.1. The van der Waals surface area contributed by atoms with Crippen molar-refractivity contribution in [1.82, 2.24) is 15.5 Å². The first kappa shape index (κ1) is 22.2. The maximum Gasteiger partial charge on any atom is 0.471 e. The molecule has 4 atom stereocenters. The molecule has 4 unspecified atom stereocenters. The van der Waals surface area contributed by atoms with Gasteiger partial charge >= 0.3 is 12.1 Å². The molecule has 0 radical (unpaired) electrons. The zero-order valence-corrected chi connectivity index (χ0v) is 14.3. The number of hydrogen-bond acceptors (Lipinski definition) is 7. The molecule has 0 spiro atoms. The third-order valence-corrected chi connectivity index (χ3v) is 3.70. The fraction of sp³-hybridized carbons (Fsp3) is 0.615. The van der Waals surface area contributed by atoms with Crippen LogP contribution in [-0.2, 0) is 14.3 Å². The smallest absolute Gasteiger partial charge is 0.394 e. The summed E-state index contributed by atoms with van der Waals surface area (Å²) in [6.07, 6.45) is -9.53. The Hall–Kier alpha value is -1.80. The molecule has 0 aromatic rings. The highest BCUT2D eigenvalue weighted by molar-refractivity contribution is 7.78. The van der Waals surface area contributed by atoms with Crippen molar-refractivity contribution >= 4 is 29.5 Å². The van der Waals surface area contributed by atoms with Crippen molar-refractivity contribution in [3.05, 3.63) is 11.8 Å². The number of alkyl halides is 3. The molecule has 1 fully saturated rings. The van der Waals surface area contributed by atoms with Crippen LogP contribution in [0.2, 0.25) is 0 Å². The summed E-state index contributed by atoms with van der Waals surface area (Å²) in [6, 6.07) is 0. The molecule has 0 aromatic heterocycles. The van der Waals surface area contributed by atoms with Crippen molar-refractivity contribution in [2.24, 2.45) is 0 Å². The van der Waals surface area contributed by atoms with E-state index < -0.39 is 55.7 Å². The van der Waals surface area contributed by atoms with Crippen molar-refractivity contribution in [2.45, 2.75) is 30.7 Å². The zero-order chi connectivity index (χ0) is 20.1. The van der Waals surface area contributed by atoms with Gasteiger partial charge in [0.1, 0.15) is 18.3 Å². The Morgan fingerprint density at radius 1 is 1.31 bits per heavy atom. The molecule has 5 N–H and O–H groups in total. The Kier molecular flexibility index (Phi) is 7.89. The summed E-state index contributed by atoms with van der Waals surface area (Å²) in [4.78, 5) is 23.7. The number of aliphatic hydroxyl groups excluding tert-OH is 3. The SMILES string of the molecule is CNC(=O)/C(=C\N(C=S)C1OC(CO)C(O)C1O)CNC(=O)C(F)(F)F. The van der Waals surface area contributed by atoms with Gasteiger partial charge in [-0.05, 0) is 0 Å². The Bertz CT molecular complexity index is 574. The minimum Gasteiger partial charge on any atom is -0.394 e. The average Bonchev–Trinajstić information content (AvgIpc) is 2.88. The molecular formula is C13H18F3N3O6S. The lowest BCUT2D eigenvalue weighted by molar-refractivity contribution is -0.173. The number of hydrogen-bond donors (Lipinski definition) is 5. The average molecular weight is 401 g/mol. The van der Waals surface area contributed by atoms with Gasteiger partial charge in [0, 0.05) is 19.8 Å². The van der Waals surface area contributed by atoms with Gasteiger partial charge in [0.2, 0.25) is 5.91 Å². The second-order valence-corrected chi connectivity index (χ2v) is 5.41. The van der Waals surface area contributed by atoms with Gasteiger partial charge in [-0.25, -0.2) is 0 Å². The Balaban J connectivity index is 3.00. The Morgan fingerprint density at radius 2 is 1.92 bits per heavy atom. The van der Waals surface area contributed by atoms with E-state index in [4.69, 9.17) is 22.1 Å². The van der Waals surface area contributed by atoms with Crippen LogP contribution in [0.3, 0.4) is 0 Å². The van der Waals surface area contributed by atoms with Gasteiger partial charge in [-0.15, -0.1) is 0 Å². The van der Waals surface area contributed by atoms with Gasteiger partial charge in [0.15, 0.2) is 6.23 Å². The quantitative estimate of drug-likeness (QED) is 0.244. The van der Waals surface area contributed by atoms with Crippen molar-refractivity contribution in [1.29, 1.82) is 0 Å². The van der Waals surface area contributed by atoms with Crippen LogP contribution in [0.15, 0.2) is 11.8 Å². The van der Waals surface area contributed by atoms with Crippen LogP contribution in [0.25, 0.3) is 0 Å². The van der Waals surface area contributed by atoms with Crippen LogP contribution in [0.4, 0.5) is 13.2 Å². The number of aliphatic hydroxyl groups is 3. The Labute approximate surface area is 151 Å². The number of carbonyl (C=O) groups excluding carboxylic acids is 2. The largest absolute Gasteiger partial charge is 0.471 e. The summed E-state index contributed by atoms with van der Waals surface area (Å²) < 4.78 is 42.0. The molecule has 1 rings (SSSR count). The molecule has 9 nitrogen and oxygen atoms in total. The second kappa shape index (κ2) is 9.23. The molecule has 1 saturated heterocycles. The number of carbonyl (C=O) groups is 2. The number of ether oxygens (including phenoxy) is 1. The van der Waals surface area contributed by atoms with Crippen LogP contribution in [0.5, 0.6) is 0 Å².